The van der Waals surface area contributed by atoms with E-state index in [9.17, 15) is 0 Å². The monoisotopic (exact) mass is 214 g/mol. The van der Waals surface area contributed by atoms with Crippen molar-refractivity contribution < 1.29 is 9.47 Å². The van der Waals surface area contributed by atoms with Crippen LogP contribution in [0.5, 0.6) is 11.6 Å². The predicted molar refractivity (Wildman–Crippen MR) is 60.4 cm³/mol. The van der Waals surface area contributed by atoms with Crippen LogP contribution < -0.4 is 9.47 Å². The Hall–Kier alpha value is -2.03. The van der Waals surface area contributed by atoms with Crippen LogP contribution in [0.3, 0.4) is 0 Å². The molecule has 0 unspecified atom stereocenters. The third-order valence-electron chi connectivity index (χ3n) is 2.13. The maximum Gasteiger partial charge on any atom is 0.213 e. The molecule has 0 bridgehead atoms. The fraction of sp³-hybridized carbons (Fsp3) is 0.154. The van der Waals surface area contributed by atoms with Gasteiger partial charge in [-0.1, -0.05) is 12.1 Å². The molecule has 3 heteroatoms. The average molecular weight is 214 g/mol. The lowest BCUT2D eigenvalue weighted by Crippen LogP contribution is -1.96. The number of pyridine rings is 1. The second kappa shape index (κ2) is 5.16. The molecular formula is C13H12NO2. The van der Waals surface area contributed by atoms with Gasteiger partial charge in [0.15, 0.2) is 0 Å². The molecule has 1 aromatic heterocycles. The van der Waals surface area contributed by atoms with Gasteiger partial charge in [0.05, 0.1) is 7.11 Å². The molecule has 0 fully saturated rings. The summed E-state index contributed by atoms with van der Waals surface area (Å²) in [5.74, 6) is 1.45. The van der Waals surface area contributed by atoms with Crippen molar-refractivity contribution in [1.29, 1.82) is 0 Å². The van der Waals surface area contributed by atoms with E-state index in [-0.39, 0.29) is 0 Å². The van der Waals surface area contributed by atoms with Crippen LogP contribution in [0.25, 0.3) is 0 Å². The van der Waals surface area contributed by atoms with Gasteiger partial charge in [0.2, 0.25) is 5.88 Å². The summed E-state index contributed by atoms with van der Waals surface area (Å²) in [5.41, 5.74) is 1.08. The molecule has 81 valence electrons. The summed E-state index contributed by atoms with van der Waals surface area (Å²) in [6, 6.07) is 14.1. The maximum absolute atomic E-state index is 5.49. The lowest BCUT2D eigenvalue weighted by atomic mass is 10.2. The quantitative estimate of drug-likeness (QED) is 0.783. The van der Waals surface area contributed by atoms with E-state index in [0.717, 1.165) is 11.3 Å². The Bertz CT molecular complexity index is 425. The van der Waals surface area contributed by atoms with Crippen LogP contribution in [-0.2, 0) is 6.61 Å². The second-order valence-electron chi connectivity index (χ2n) is 3.23. The average Bonchev–Trinajstić information content (AvgIpc) is 2.38. The molecule has 1 aromatic carbocycles. The van der Waals surface area contributed by atoms with Gasteiger partial charge in [-0.2, -0.15) is 0 Å². The van der Waals surface area contributed by atoms with E-state index < -0.39 is 0 Å². The van der Waals surface area contributed by atoms with E-state index in [0.29, 0.717) is 12.5 Å². The molecule has 16 heavy (non-hydrogen) atoms. The summed E-state index contributed by atoms with van der Waals surface area (Å²) in [5, 5.41) is 0. The number of ether oxygens (including phenoxy) is 2. The van der Waals surface area contributed by atoms with Crippen LogP contribution in [0.1, 0.15) is 5.56 Å². The van der Waals surface area contributed by atoms with Gasteiger partial charge < -0.3 is 9.47 Å². The van der Waals surface area contributed by atoms with Gasteiger partial charge in [-0.25, -0.2) is 4.98 Å². The molecule has 2 rings (SSSR count). The highest BCUT2D eigenvalue weighted by Crippen LogP contribution is 2.13. The predicted octanol–water partition coefficient (Wildman–Crippen LogP) is 2.47. The van der Waals surface area contributed by atoms with E-state index in [4.69, 9.17) is 9.47 Å². The van der Waals surface area contributed by atoms with Crippen LogP contribution in [-0.4, -0.2) is 12.1 Å². The summed E-state index contributed by atoms with van der Waals surface area (Å²) in [6.07, 6.45) is 1.59. The molecule has 0 saturated heterocycles. The minimum atomic E-state index is 0.501. The van der Waals surface area contributed by atoms with Gasteiger partial charge >= 0.3 is 0 Å². The molecule has 0 aliphatic rings. The zero-order chi connectivity index (χ0) is 11.2. The van der Waals surface area contributed by atoms with Crippen LogP contribution >= 0.6 is 0 Å². The fourth-order valence-corrected chi connectivity index (χ4v) is 1.27. The van der Waals surface area contributed by atoms with Crippen LogP contribution in [0.4, 0.5) is 0 Å². The Morgan fingerprint density at radius 3 is 2.62 bits per heavy atom. The van der Waals surface area contributed by atoms with Crippen molar-refractivity contribution in [2.24, 2.45) is 0 Å². The summed E-state index contributed by atoms with van der Waals surface area (Å²) < 4.78 is 10.6. The third-order valence-corrected chi connectivity index (χ3v) is 2.13. The number of nitrogens with zero attached hydrogens (tertiary/aromatic N) is 1. The van der Waals surface area contributed by atoms with Crippen molar-refractivity contribution in [3.63, 3.8) is 0 Å². The molecule has 0 N–H and O–H groups in total. The molecule has 1 radical (unpaired) electrons. The topological polar surface area (TPSA) is 31.4 Å². The molecule has 1 heterocycles. The molecule has 0 amide bonds. The number of benzene rings is 1. The normalized spacial score (nSPS) is 9.81. The summed E-state index contributed by atoms with van der Waals surface area (Å²) in [4.78, 5) is 4.03. The van der Waals surface area contributed by atoms with E-state index >= 15 is 0 Å². The summed E-state index contributed by atoms with van der Waals surface area (Å²) >= 11 is 0. The van der Waals surface area contributed by atoms with Crippen LogP contribution in [0.15, 0.2) is 42.6 Å². The van der Waals surface area contributed by atoms with E-state index in [1.54, 1.807) is 25.4 Å². The largest absolute Gasteiger partial charge is 0.497 e. The van der Waals surface area contributed by atoms with Gasteiger partial charge in [-0.05, 0) is 23.8 Å². The third kappa shape index (κ3) is 2.73. The van der Waals surface area contributed by atoms with Crippen molar-refractivity contribution in [3.05, 3.63) is 54.2 Å². The number of rotatable bonds is 4. The Balaban J connectivity index is 1.94. The van der Waals surface area contributed by atoms with Crippen molar-refractivity contribution >= 4 is 0 Å². The zero-order valence-electron chi connectivity index (χ0n) is 9.01. The standard InChI is InChI=1S/C13H12NO2/c1-15-12-7-5-11(6-8-12)10-16-13-4-2-3-9-14-13/h2,4-9H,10H2,1H3. The van der Waals surface area contributed by atoms with Gasteiger partial charge in [0.1, 0.15) is 12.4 Å². The fourth-order valence-electron chi connectivity index (χ4n) is 1.27. The highest BCUT2D eigenvalue weighted by Gasteiger charge is 1.96. The van der Waals surface area contributed by atoms with E-state index in [1.807, 2.05) is 24.3 Å². The highest BCUT2D eigenvalue weighted by molar-refractivity contribution is 5.27. The summed E-state index contributed by atoms with van der Waals surface area (Å²) in [6.45, 7) is 0.501. The molecule has 0 aliphatic carbocycles. The first-order chi connectivity index (χ1) is 7.88. The van der Waals surface area contributed by atoms with Crippen molar-refractivity contribution in [2.75, 3.05) is 7.11 Å². The van der Waals surface area contributed by atoms with Crippen molar-refractivity contribution in [2.45, 2.75) is 6.61 Å². The lowest BCUT2D eigenvalue weighted by molar-refractivity contribution is 0.293. The molecule has 3 nitrogen and oxygen atoms in total. The SMILES string of the molecule is COc1ccc(COc2cc[c]cn2)cc1. The lowest BCUT2D eigenvalue weighted by Gasteiger charge is -2.05. The zero-order valence-corrected chi connectivity index (χ0v) is 9.01. The molecule has 0 aliphatic heterocycles. The number of methoxy groups -OCH3 is 1. The second-order valence-corrected chi connectivity index (χ2v) is 3.23. The van der Waals surface area contributed by atoms with E-state index in [2.05, 4.69) is 11.1 Å². The van der Waals surface area contributed by atoms with Gasteiger partial charge in [0, 0.05) is 18.3 Å². The molecule has 0 saturated carbocycles. The summed E-state index contributed by atoms with van der Waals surface area (Å²) in [7, 11) is 1.65. The van der Waals surface area contributed by atoms with Gasteiger partial charge in [-0.15, -0.1) is 0 Å². The number of aromatic nitrogens is 1. The van der Waals surface area contributed by atoms with Gasteiger partial charge in [-0.3, -0.25) is 0 Å². The van der Waals surface area contributed by atoms with E-state index in [1.165, 1.54) is 0 Å². The highest BCUT2D eigenvalue weighted by atomic mass is 16.5. The first-order valence-corrected chi connectivity index (χ1v) is 4.96. The van der Waals surface area contributed by atoms with Crippen molar-refractivity contribution in [1.82, 2.24) is 4.98 Å². The first-order valence-electron chi connectivity index (χ1n) is 4.96. The molecule has 0 spiro atoms. The first kappa shape index (κ1) is 10.5. The number of hydrogen-bond acceptors (Lipinski definition) is 3. The minimum Gasteiger partial charge on any atom is -0.497 e. The van der Waals surface area contributed by atoms with Crippen LogP contribution in [0.2, 0.25) is 0 Å². The molecule has 0 atom stereocenters. The Kier molecular flexibility index (Phi) is 3.38. The van der Waals surface area contributed by atoms with Crippen molar-refractivity contribution in [3.8, 4) is 11.6 Å². The Labute approximate surface area is 94.7 Å². The molecular weight excluding hydrogens is 202 g/mol. The minimum absolute atomic E-state index is 0.501. The Morgan fingerprint density at radius 1 is 1.19 bits per heavy atom. The smallest absolute Gasteiger partial charge is 0.213 e. The Morgan fingerprint density at radius 2 is 2.00 bits per heavy atom. The van der Waals surface area contributed by atoms with Crippen LogP contribution in [0, 0.1) is 6.07 Å². The van der Waals surface area contributed by atoms with Gasteiger partial charge in [0.25, 0.3) is 0 Å². The number of hydrogen-bond donors (Lipinski definition) is 0. The molecule has 2 aromatic rings. The maximum atomic E-state index is 5.49.